The zero-order valence-electron chi connectivity index (χ0n) is 17.3. The second kappa shape index (κ2) is 8.48. The average molecular weight is 419 g/mol. The maximum absolute atomic E-state index is 12.8. The predicted octanol–water partition coefficient (Wildman–Crippen LogP) is 2.58. The number of ether oxygens (including phenoxy) is 3. The first-order valence-corrected chi connectivity index (χ1v) is 10.7. The van der Waals surface area contributed by atoms with Crippen LogP contribution in [0.1, 0.15) is 30.4 Å². The van der Waals surface area contributed by atoms with Crippen LogP contribution < -0.4 is 14.4 Å². The van der Waals surface area contributed by atoms with Gasteiger partial charge in [-0.15, -0.1) is 6.42 Å². The first-order valence-electron chi connectivity index (χ1n) is 10.7. The van der Waals surface area contributed by atoms with Crippen molar-refractivity contribution in [2.45, 2.75) is 38.0 Å². The van der Waals surface area contributed by atoms with Gasteiger partial charge in [-0.25, -0.2) is 4.98 Å². The minimum atomic E-state index is 0.144. The van der Waals surface area contributed by atoms with E-state index in [2.05, 4.69) is 15.8 Å². The molecule has 1 aromatic carbocycles. The van der Waals surface area contributed by atoms with Crippen molar-refractivity contribution in [3.63, 3.8) is 0 Å². The Morgan fingerprint density at radius 1 is 1.19 bits per heavy atom. The SMILES string of the molecule is C#Cc1ccc(N2C3CCC2CN(C(=O)CCOCc2cccc4c2OCO4)C3)nc1. The molecule has 0 N–H and O–H groups in total. The van der Waals surface area contributed by atoms with Crippen molar-refractivity contribution in [3.8, 4) is 23.8 Å². The van der Waals surface area contributed by atoms with Gasteiger partial charge in [0.2, 0.25) is 12.7 Å². The number of piperazine rings is 1. The smallest absolute Gasteiger partial charge is 0.231 e. The van der Waals surface area contributed by atoms with Crippen molar-refractivity contribution in [1.29, 1.82) is 0 Å². The van der Waals surface area contributed by atoms with Crippen LogP contribution in [0.2, 0.25) is 0 Å². The van der Waals surface area contributed by atoms with E-state index < -0.39 is 0 Å². The van der Waals surface area contributed by atoms with Crippen LogP contribution in [0.4, 0.5) is 5.82 Å². The number of para-hydroxylation sites is 1. The lowest BCUT2D eigenvalue weighted by molar-refractivity contribution is -0.133. The lowest BCUT2D eigenvalue weighted by Gasteiger charge is -2.41. The highest BCUT2D eigenvalue weighted by molar-refractivity contribution is 5.77. The fraction of sp³-hybridized carbons (Fsp3) is 0.417. The Morgan fingerprint density at radius 3 is 2.77 bits per heavy atom. The summed E-state index contributed by atoms with van der Waals surface area (Å²) in [6, 6.07) is 10.3. The lowest BCUT2D eigenvalue weighted by atomic mass is 10.1. The van der Waals surface area contributed by atoms with Crippen LogP contribution in [0.25, 0.3) is 0 Å². The molecular weight excluding hydrogens is 394 g/mol. The number of nitrogens with zero attached hydrogens (tertiary/aromatic N) is 3. The van der Waals surface area contributed by atoms with Crippen molar-refractivity contribution in [2.24, 2.45) is 0 Å². The lowest BCUT2D eigenvalue weighted by Crippen LogP contribution is -2.55. The Kier molecular flexibility index (Phi) is 5.39. The summed E-state index contributed by atoms with van der Waals surface area (Å²) >= 11 is 0. The van der Waals surface area contributed by atoms with Crippen molar-refractivity contribution in [2.75, 3.05) is 31.4 Å². The second-order valence-corrected chi connectivity index (χ2v) is 8.09. The number of hydrogen-bond donors (Lipinski definition) is 0. The molecule has 2 atom stereocenters. The van der Waals surface area contributed by atoms with E-state index in [1.807, 2.05) is 35.2 Å². The summed E-state index contributed by atoms with van der Waals surface area (Å²) in [6.45, 7) is 2.48. The molecule has 2 fully saturated rings. The molecule has 0 spiro atoms. The number of rotatable bonds is 6. The van der Waals surface area contributed by atoms with E-state index in [0.29, 0.717) is 31.7 Å². The van der Waals surface area contributed by atoms with Crippen LogP contribution in [0.15, 0.2) is 36.5 Å². The topological polar surface area (TPSA) is 64.1 Å². The molecule has 7 nitrogen and oxygen atoms in total. The van der Waals surface area contributed by atoms with E-state index in [4.69, 9.17) is 20.6 Å². The average Bonchev–Trinajstić information content (AvgIpc) is 3.39. The van der Waals surface area contributed by atoms with Gasteiger partial charge < -0.3 is 24.0 Å². The van der Waals surface area contributed by atoms with E-state index in [0.717, 1.165) is 54.4 Å². The highest BCUT2D eigenvalue weighted by atomic mass is 16.7. The fourth-order valence-electron chi connectivity index (χ4n) is 4.71. The first kappa shape index (κ1) is 19.7. The zero-order chi connectivity index (χ0) is 21.2. The molecule has 2 aromatic rings. The summed E-state index contributed by atoms with van der Waals surface area (Å²) in [6.07, 6.45) is 9.70. The maximum Gasteiger partial charge on any atom is 0.231 e. The number of carbonyl (C=O) groups excluding carboxylic acids is 1. The normalized spacial score (nSPS) is 21.3. The summed E-state index contributed by atoms with van der Waals surface area (Å²) in [5, 5.41) is 0. The maximum atomic E-state index is 12.8. The fourth-order valence-corrected chi connectivity index (χ4v) is 4.71. The second-order valence-electron chi connectivity index (χ2n) is 8.09. The third-order valence-electron chi connectivity index (χ3n) is 6.21. The standard InChI is InChI=1S/C24H25N3O4/c1-2-17-6-9-22(25-12-17)27-19-7-8-20(27)14-26(13-19)23(28)10-11-29-15-18-4-3-5-21-24(18)31-16-30-21/h1,3-6,9,12,19-20H,7-8,10-11,13-16H2. The summed E-state index contributed by atoms with van der Waals surface area (Å²) in [5.74, 6) is 5.18. The van der Waals surface area contributed by atoms with Gasteiger partial charge in [0.05, 0.1) is 19.6 Å². The van der Waals surface area contributed by atoms with E-state index in [1.165, 1.54) is 0 Å². The number of aromatic nitrogens is 1. The van der Waals surface area contributed by atoms with E-state index in [-0.39, 0.29) is 12.7 Å². The van der Waals surface area contributed by atoms with E-state index in [1.54, 1.807) is 6.20 Å². The molecule has 7 heteroatoms. The van der Waals surface area contributed by atoms with Crippen LogP contribution in [0.3, 0.4) is 0 Å². The molecule has 160 valence electrons. The Labute approximate surface area is 181 Å². The third-order valence-corrected chi connectivity index (χ3v) is 6.21. The quantitative estimate of drug-likeness (QED) is 0.530. The molecule has 31 heavy (non-hydrogen) atoms. The molecule has 1 amide bonds. The van der Waals surface area contributed by atoms with Crippen molar-refractivity contribution >= 4 is 11.7 Å². The molecule has 5 rings (SSSR count). The minimum absolute atomic E-state index is 0.144. The number of benzene rings is 1. The van der Waals surface area contributed by atoms with Gasteiger partial charge in [0, 0.05) is 42.5 Å². The summed E-state index contributed by atoms with van der Waals surface area (Å²) in [7, 11) is 0. The third kappa shape index (κ3) is 3.91. The van der Waals surface area contributed by atoms with Crippen LogP contribution >= 0.6 is 0 Å². The number of pyridine rings is 1. The van der Waals surface area contributed by atoms with Crippen molar-refractivity contribution < 1.29 is 19.0 Å². The molecule has 0 radical (unpaired) electrons. The molecule has 3 aliphatic heterocycles. The highest BCUT2D eigenvalue weighted by Crippen LogP contribution is 2.36. The van der Waals surface area contributed by atoms with Gasteiger partial charge in [0.25, 0.3) is 0 Å². The van der Waals surface area contributed by atoms with Gasteiger partial charge in [-0.05, 0) is 31.0 Å². The molecule has 0 aliphatic carbocycles. The monoisotopic (exact) mass is 419 g/mol. The van der Waals surface area contributed by atoms with Gasteiger partial charge in [-0.2, -0.15) is 0 Å². The predicted molar refractivity (Wildman–Crippen MR) is 115 cm³/mol. The molecule has 2 unspecified atom stereocenters. The number of amides is 1. The van der Waals surface area contributed by atoms with Crippen LogP contribution in [0.5, 0.6) is 11.5 Å². The largest absolute Gasteiger partial charge is 0.454 e. The summed E-state index contributed by atoms with van der Waals surface area (Å²) < 4.78 is 16.6. The Morgan fingerprint density at radius 2 is 2.03 bits per heavy atom. The molecule has 2 bridgehead atoms. The van der Waals surface area contributed by atoms with Crippen molar-refractivity contribution in [1.82, 2.24) is 9.88 Å². The number of terminal acetylenes is 1. The van der Waals surface area contributed by atoms with Crippen LogP contribution in [0, 0.1) is 12.3 Å². The molecular formula is C24H25N3O4. The molecule has 2 saturated heterocycles. The molecule has 3 aliphatic rings. The molecule has 4 heterocycles. The van der Waals surface area contributed by atoms with E-state index in [9.17, 15) is 4.79 Å². The zero-order valence-corrected chi connectivity index (χ0v) is 17.3. The molecule has 0 saturated carbocycles. The highest BCUT2D eigenvalue weighted by Gasteiger charge is 2.41. The summed E-state index contributed by atoms with van der Waals surface area (Å²) in [4.78, 5) is 21.7. The number of carbonyl (C=O) groups is 1. The van der Waals surface area contributed by atoms with Gasteiger partial charge in [-0.1, -0.05) is 18.1 Å². The number of fused-ring (bicyclic) bond motifs is 3. The Bertz CT molecular complexity index is 987. The summed E-state index contributed by atoms with van der Waals surface area (Å²) in [5.41, 5.74) is 1.72. The number of anilines is 1. The minimum Gasteiger partial charge on any atom is -0.454 e. The molecule has 1 aromatic heterocycles. The number of likely N-dealkylation sites (tertiary alicyclic amines) is 1. The number of hydrogen-bond acceptors (Lipinski definition) is 6. The van der Waals surface area contributed by atoms with Crippen molar-refractivity contribution in [3.05, 3.63) is 47.7 Å². The van der Waals surface area contributed by atoms with Gasteiger partial charge in [0.1, 0.15) is 5.82 Å². The van der Waals surface area contributed by atoms with Gasteiger partial charge in [0.15, 0.2) is 11.5 Å². The Balaban J connectivity index is 1.12. The van der Waals surface area contributed by atoms with E-state index >= 15 is 0 Å². The van der Waals surface area contributed by atoms with Crippen LogP contribution in [-0.2, 0) is 16.1 Å². The van der Waals surface area contributed by atoms with Gasteiger partial charge in [-0.3, -0.25) is 4.79 Å². The Hall–Kier alpha value is -3.24. The van der Waals surface area contributed by atoms with Crippen LogP contribution in [-0.4, -0.2) is 54.4 Å². The first-order chi connectivity index (χ1) is 15.2. The van der Waals surface area contributed by atoms with Gasteiger partial charge >= 0.3 is 0 Å².